The number of rotatable bonds is 6. The number of benzene rings is 7. The SMILES string of the molecule is [C-]#[N+]c1cc2c3c(cc(C#N)c4c5c(C#N)cc6c7c(cc([N+]#[C-])c(c1c34)c75)C(=O)N(c1c(C(C)C)cccc1C(C)C)C6=O)C(=O)N(c1c(C(C)C)cccc1C(C)C)C2=O. The number of hydrogen-bond donors (Lipinski definition) is 0. The number of amides is 4. The maximum absolute atomic E-state index is 15.0. The van der Waals surface area contributed by atoms with Gasteiger partial charge in [0.1, 0.15) is 0 Å². The summed E-state index contributed by atoms with van der Waals surface area (Å²) in [6.45, 7) is 32.9. The lowest BCUT2D eigenvalue weighted by molar-refractivity contribution is 0.0877. The normalized spacial score (nSPS) is 13.7. The number of hydrogen-bond acceptors (Lipinski definition) is 6. The molecule has 0 unspecified atom stereocenters. The number of carbonyl (C=O) groups is 4. The molecule has 2 heterocycles. The number of fused-ring (bicyclic) bond motifs is 2. The van der Waals surface area contributed by atoms with Gasteiger partial charge in [0, 0.05) is 32.7 Å². The summed E-state index contributed by atoms with van der Waals surface area (Å²) in [5.74, 6) is -2.88. The van der Waals surface area contributed by atoms with Crippen LogP contribution < -0.4 is 9.80 Å². The maximum atomic E-state index is 15.0. The molecule has 300 valence electrons. The zero-order valence-electron chi connectivity index (χ0n) is 35.4. The fourth-order valence-corrected chi connectivity index (χ4v) is 9.91. The minimum atomic E-state index is -0.650. The topological polar surface area (TPSA) is 131 Å². The molecule has 2 aliphatic heterocycles. The summed E-state index contributed by atoms with van der Waals surface area (Å²) in [6.07, 6.45) is 0. The standard InChI is InChI=1S/C52H38N6O4/c1-23(2)29-13-11-14-30(24(3)4)47(29)57-49(59)33-17-27(21-53)39-40-28(22-54)18-34-42-36(52(62)58(50(34)60)48-31(25(5)6)15-12-16-32(48)26(7)8)20-38(56-10)44(46(40)42)43-37(55-9)19-35(51(57)61)41(33)45(39)43/h11-20,23-26H,1-8H3. The van der Waals surface area contributed by atoms with Crippen molar-refractivity contribution < 1.29 is 19.2 Å². The van der Waals surface area contributed by atoms with Gasteiger partial charge in [-0.2, -0.15) is 10.5 Å². The van der Waals surface area contributed by atoms with Gasteiger partial charge in [-0.15, -0.1) is 0 Å². The summed E-state index contributed by atoms with van der Waals surface area (Å²) in [4.78, 5) is 70.3. The molecule has 62 heavy (non-hydrogen) atoms. The minimum Gasteiger partial charge on any atom is -0.268 e. The van der Waals surface area contributed by atoms with Crippen molar-refractivity contribution in [3.63, 3.8) is 0 Å². The lowest BCUT2D eigenvalue weighted by Gasteiger charge is -2.34. The highest BCUT2D eigenvalue weighted by molar-refractivity contribution is 6.49. The van der Waals surface area contributed by atoms with Crippen LogP contribution in [0.5, 0.6) is 0 Å². The quantitative estimate of drug-likeness (QED) is 0.0711. The van der Waals surface area contributed by atoms with Gasteiger partial charge in [-0.1, -0.05) is 91.8 Å². The number of imide groups is 2. The summed E-state index contributed by atoms with van der Waals surface area (Å²) in [7, 11) is 0. The smallest absolute Gasteiger partial charge is 0.266 e. The van der Waals surface area contributed by atoms with Crippen LogP contribution in [-0.2, 0) is 0 Å². The highest BCUT2D eigenvalue weighted by Gasteiger charge is 2.43. The second-order valence-corrected chi connectivity index (χ2v) is 17.4. The van der Waals surface area contributed by atoms with Crippen LogP contribution in [0.25, 0.3) is 52.8 Å². The van der Waals surface area contributed by atoms with Gasteiger partial charge >= 0.3 is 0 Å². The Morgan fingerprint density at radius 1 is 0.452 bits per heavy atom. The first-order valence-electron chi connectivity index (χ1n) is 20.6. The average Bonchev–Trinajstić information content (AvgIpc) is 3.25. The van der Waals surface area contributed by atoms with Crippen molar-refractivity contribution in [2.75, 3.05) is 9.80 Å². The monoisotopic (exact) mass is 810 g/mol. The molecule has 0 bridgehead atoms. The van der Waals surface area contributed by atoms with Crippen LogP contribution in [0.15, 0.2) is 60.7 Å². The number of anilines is 2. The van der Waals surface area contributed by atoms with E-state index < -0.39 is 23.6 Å². The summed E-state index contributed by atoms with van der Waals surface area (Å²) in [6, 6.07) is 21.6. The molecule has 0 N–H and O–H groups in total. The molecule has 2 aliphatic rings. The molecule has 0 radical (unpaired) electrons. The van der Waals surface area contributed by atoms with Gasteiger partial charge < -0.3 is 0 Å². The van der Waals surface area contributed by atoms with Gasteiger partial charge in [0.05, 0.1) is 58.9 Å². The van der Waals surface area contributed by atoms with E-state index in [4.69, 9.17) is 13.1 Å². The minimum absolute atomic E-state index is 0.0135. The number of nitrogens with zero attached hydrogens (tertiary/aromatic N) is 6. The van der Waals surface area contributed by atoms with Gasteiger partial charge in [0.15, 0.2) is 11.4 Å². The lowest BCUT2D eigenvalue weighted by Crippen LogP contribution is -2.42. The Balaban J connectivity index is 1.45. The first-order valence-corrected chi connectivity index (χ1v) is 20.6. The molecular formula is C52H38N6O4. The molecule has 10 heteroatoms. The molecule has 0 fully saturated rings. The highest BCUT2D eigenvalue weighted by atomic mass is 16.2. The van der Waals surface area contributed by atoms with Crippen LogP contribution in [0.3, 0.4) is 0 Å². The van der Waals surface area contributed by atoms with Crippen LogP contribution >= 0.6 is 0 Å². The molecule has 9 rings (SSSR count). The molecule has 0 atom stereocenters. The van der Waals surface area contributed by atoms with Crippen LogP contribution in [-0.4, -0.2) is 23.6 Å². The van der Waals surface area contributed by atoms with Crippen LogP contribution in [0.1, 0.15) is 154 Å². The second kappa shape index (κ2) is 13.8. The van der Waals surface area contributed by atoms with Crippen molar-refractivity contribution in [1.29, 1.82) is 10.5 Å². The predicted octanol–water partition coefficient (Wildman–Crippen LogP) is 12.7. The molecule has 0 spiro atoms. The van der Waals surface area contributed by atoms with Crippen LogP contribution in [0, 0.1) is 35.8 Å². The van der Waals surface area contributed by atoms with E-state index in [0.717, 1.165) is 32.1 Å². The Morgan fingerprint density at radius 3 is 1.00 bits per heavy atom. The third-order valence-corrected chi connectivity index (χ3v) is 12.6. The largest absolute Gasteiger partial charge is 0.268 e. The van der Waals surface area contributed by atoms with Gasteiger partial charge in [0.2, 0.25) is 0 Å². The molecule has 0 aliphatic carbocycles. The molecule has 0 saturated carbocycles. The average molecular weight is 811 g/mol. The van der Waals surface area contributed by atoms with E-state index in [2.05, 4.69) is 21.8 Å². The molecular weight excluding hydrogens is 773 g/mol. The van der Waals surface area contributed by atoms with Crippen molar-refractivity contribution in [1.82, 2.24) is 0 Å². The number of para-hydroxylation sites is 2. The third kappa shape index (κ3) is 5.05. The van der Waals surface area contributed by atoms with Gasteiger partial charge in [0.25, 0.3) is 23.6 Å². The van der Waals surface area contributed by atoms with Gasteiger partial charge in [-0.05, 0) is 91.7 Å². The summed E-state index contributed by atoms with van der Waals surface area (Å²) in [5.41, 5.74) is 4.19. The Kier molecular flexibility index (Phi) is 8.81. The zero-order chi connectivity index (χ0) is 44.4. The van der Waals surface area contributed by atoms with E-state index in [0.29, 0.717) is 11.4 Å². The molecule has 10 nitrogen and oxygen atoms in total. The van der Waals surface area contributed by atoms with Crippen molar-refractivity contribution in [3.05, 3.63) is 139 Å². The van der Waals surface area contributed by atoms with E-state index in [1.54, 1.807) is 0 Å². The van der Waals surface area contributed by atoms with Crippen molar-refractivity contribution in [2.45, 2.75) is 79.1 Å². The zero-order valence-corrected chi connectivity index (χ0v) is 35.4. The second-order valence-electron chi connectivity index (χ2n) is 17.4. The first-order chi connectivity index (χ1) is 29.6. The van der Waals surface area contributed by atoms with Crippen molar-refractivity contribution >= 4 is 89.5 Å². The maximum Gasteiger partial charge on any atom is 0.266 e. The molecule has 4 amide bonds. The van der Waals surface area contributed by atoms with Gasteiger partial charge in [-0.25, -0.2) is 19.5 Å². The summed E-state index contributed by atoms with van der Waals surface area (Å²) >= 11 is 0. The van der Waals surface area contributed by atoms with E-state index >= 15 is 19.2 Å². The molecule has 0 saturated heterocycles. The third-order valence-electron chi connectivity index (χ3n) is 12.6. The fraction of sp³-hybridized carbons (Fsp3) is 0.231. The van der Waals surface area contributed by atoms with E-state index in [1.165, 1.54) is 24.3 Å². The number of carbonyl (C=O) groups excluding carboxylic acids is 4. The Bertz CT molecular complexity index is 3020. The van der Waals surface area contributed by atoms with Crippen molar-refractivity contribution in [3.8, 4) is 12.1 Å². The Morgan fingerprint density at radius 2 is 0.742 bits per heavy atom. The van der Waals surface area contributed by atoms with Crippen LogP contribution in [0.4, 0.5) is 22.7 Å². The summed E-state index contributed by atoms with van der Waals surface area (Å²) in [5, 5.41) is 23.5. The van der Waals surface area contributed by atoms with Crippen LogP contribution in [0.2, 0.25) is 0 Å². The number of nitriles is 2. The Hall–Kier alpha value is -7.92. The fourth-order valence-electron chi connectivity index (χ4n) is 9.91. The molecule has 7 aromatic carbocycles. The van der Waals surface area contributed by atoms with Crippen molar-refractivity contribution in [2.24, 2.45) is 0 Å². The lowest BCUT2D eigenvalue weighted by atomic mass is 9.78. The van der Waals surface area contributed by atoms with E-state index in [1.807, 2.05) is 91.8 Å². The predicted molar refractivity (Wildman–Crippen MR) is 241 cm³/mol. The van der Waals surface area contributed by atoms with E-state index in [-0.39, 0.29) is 112 Å². The van der Waals surface area contributed by atoms with E-state index in [9.17, 15) is 10.5 Å². The first kappa shape index (κ1) is 39.5. The molecule has 7 aromatic rings. The van der Waals surface area contributed by atoms with Gasteiger partial charge in [-0.3, -0.25) is 19.2 Å². The summed E-state index contributed by atoms with van der Waals surface area (Å²) < 4.78 is 0. The molecule has 0 aromatic heterocycles. The Labute approximate surface area is 358 Å². The highest BCUT2D eigenvalue weighted by Crippen LogP contribution is 2.55.